The number of ether oxygens (including phenoxy) is 1. The second-order valence-corrected chi connectivity index (χ2v) is 8.48. The molecule has 6 nitrogen and oxygen atoms in total. The average Bonchev–Trinajstić information content (AvgIpc) is 3.28. The van der Waals surface area contributed by atoms with E-state index in [4.69, 9.17) is 4.74 Å². The van der Waals surface area contributed by atoms with E-state index in [2.05, 4.69) is 4.98 Å². The van der Waals surface area contributed by atoms with Crippen molar-refractivity contribution in [3.8, 4) is 0 Å². The first-order valence-electron chi connectivity index (χ1n) is 8.98. The third kappa shape index (κ3) is 4.54. The highest BCUT2D eigenvalue weighted by atomic mass is 32.1. The second kappa shape index (κ2) is 8.06. The average molecular weight is 398 g/mol. The Bertz CT molecular complexity index is 885. The van der Waals surface area contributed by atoms with Gasteiger partial charge >= 0.3 is 6.09 Å². The van der Waals surface area contributed by atoms with Crippen LogP contribution in [0.1, 0.15) is 48.5 Å². The Hall–Kier alpha value is -2.80. The fourth-order valence-electron chi connectivity index (χ4n) is 3.05. The Morgan fingerprint density at radius 1 is 1.25 bits per heavy atom. The molecule has 1 aliphatic rings. The molecule has 0 aliphatic carbocycles. The van der Waals surface area contributed by atoms with Crippen LogP contribution in [0.5, 0.6) is 0 Å². The van der Waals surface area contributed by atoms with E-state index in [1.165, 1.54) is 17.4 Å². The summed E-state index contributed by atoms with van der Waals surface area (Å²) in [5.41, 5.74) is -0.367. The summed E-state index contributed by atoms with van der Waals surface area (Å²) >= 11 is 1.49. The molecule has 3 rings (SSSR count). The van der Waals surface area contributed by atoms with E-state index >= 15 is 0 Å². The lowest BCUT2D eigenvalue weighted by Crippen LogP contribution is -2.45. The van der Waals surface area contributed by atoms with Gasteiger partial charge in [-0.25, -0.2) is 9.69 Å². The van der Waals surface area contributed by atoms with Crippen LogP contribution in [0.3, 0.4) is 0 Å². The second-order valence-electron chi connectivity index (χ2n) is 7.50. The van der Waals surface area contributed by atoms with Gasteiger partial charge in [-0.3, -0.25) is 14.6 Å². The number of carbonyl (C=O) groups is 3. The molecule has 2 aromatic heterocycles. The van der Waals surface area contributed by atoms with Gasteiger partial charge in [-0.05, 0) is 44.4 Å². The number of Topliss-reactive ketones (excluding diaryl/α,β-unsaturated/α-hetero) is 1. The van der Waals surface area contributed by atoms with Crippen molar-refractivity contribution in [3.63, 3.8) is 0 Å². The minimum Gasteiger partial charge on any atom is -0.443 e. The Morgan fingerprint density at radius 2 is 2.04 bits per heavy atom. The first-order valence-corrected chi connectivity index (χ1v) is 9.86. The number of nitrogens with zero attached hydrogens (tertiary/aromatic N) is 2. The van der Waals surface area contributed by atoms with Crippen LogP contribution in [0, 0.1) is 0 Å². The quantitative estimate of drug-likeness (QED) is 0.706. The van der Waals surface area contributed by atoms with Crippen molar-refractivity contribution in [1.29, 1.82) is 0 Å². The first kappa shape index (κ1) is 19.9. The number of hydrogen-bond acceptors (Lipinski definition) is 6. The van der Waals surface area contributed by atoms with Gasteiger partial charge < -0.3 is 4.74 Å². The Labute approximate surface area is 167 Å². The molecule has 0 saturated carbocycles. The highest BCUT2D eigenvalue weighted by Crippen LogP contribution is 2.35. The van der Waals surface area contributed by atoms with Crippen LogP contribution in [0.25, 0.3) is 0 Å². The normalized spacial score (nSPS) is 17.6. The number of ketones is 1. The Kier molecular flexibility index (Phi) is 5.74. The molecule has 0 spiro atoms. The van der Waals surface area contributed by atoms with Crippen molar-refractivity contribution in [2.75, 3.05) is 0 Å². The van der Waals surface area contributed by atoms with Gasteiger partial charge in [0.15, 0.2) is 5.78 Å². The van der Waals surface area contributed by atoms with Crippen molar-refractivity contribution >= 4 is 29.1 Å². The van der Waals surface area contributed by atoms with Crippen LogP contribution in [-0.4, -0.2) is 39.3 Å². The fourth-order valence-corrected chi connectivity index (χ4v) is 3.92. The Morgan fingerprint density at radius 3 is 2.64 bits per heavy atom. The predicted octanol–water partition coefficient (Wildman–Crippen LogP) is 4.20. The zero-order chi connectivity index (χ0) is 20.3. The van der Waals surface area contributed by atoms with Crippen LogP contribution in [0.2, 0.25) is 0 Å². The molecule has 3 heterocycles. The molecule has 7 heteroatoms. The lowest BCUT2D eigenvalue weighted by atomic mass is 9.91. The molecule has 0 saturated heterocycles. The smallest absolute Gasteiger partial charge is 0.417 e. The van der Waals surface area contributed by atoms with E-state index in [9.17, 15) is 14.4 Å². The van der Waals surface area contributed by atoms with Crippen LogP contribution in [0.4, 0.5) is 4.79 Å². The van der Waals surface area contributed by atoms with Gasteiger partial charge in [-0.1, -0.05) is 18.2 Å². The summed E-state index contributed by atoms with van der Waals surface area (Å²) in [7, 11) is 0. The van der Waals surface area contributed by atoms with E-state index in [1.54, 1.807) is 51.2 Å². The van der Waals surface area contributed by atoms with Crippen LogP contribution in [-0.2, 0) is 9.53 Å². The van der Waals surface area contributed by atoms with Crippen molar-refractivity contribution in [1.82, 2.24) is 9.88 Å². The summed E-state index contributed by atoms with van der Waals surface area (Å²) in [6.45, 7) is 5.24. The molecule has 2 amide bonds. The van der Waals surface area contributed by atoms with Gasteiger partial charge in [0.1, 0.15) is 11.3 Å². The maximum absolute atomic E-state index is 12.8. The molecule has 0 bridgehead atoms. The lowest BCUT2D eigenvalue weighted by molar-refractivity contribution is -0.125. The van der Waals surface area contributed by atoms with Crippen LogP contribution >= 0.6 is 11.3 Å². The Balaban J connectivity index is 1.89. The molecule has 146 valence electrons. The van der Waals surface area contributed by atoms with Gasteiger partial charge in [0.05, 0.1) is 6.04 Å². The van der Waals surface area contributed by atoms with Crippen LogP contribution < -0.4 is 0 Å². The summed E-state index contributed by atoms with van der Waals surface area (Å²) in [6, 6.07) is 8.37. The molecule has 0 N–H and O–H groups in total. The summed E-state index contributed by atoms with van der Waals surface area (Å²) < 4.78 is 5.41. The number of carbonyl (C=O) groups excluding carboxylic acids is 3. The van der Waals surface area contributed by atoms with E-state index < -0.39 is 23.6 Å². The first-order chi connectivity index (χ1) is 13.3. The van der Waals surface area contributed by atoms with E-state index in [1.807, 2.05) is 17.5 Å². The molecule has 2 atom stereocenters. The topological polar surface area (TPSA) is 76.6 Å². The van der Waals surface area contributed by atoms with Crippen molar-refractivity contribution < 1.29 is 19.1 Å². The molecular formula is C21H22N2O4S. The lowest BCUT2D eigenvalue weighted by Gasteiger charge is -2.31. The molecular weight excluding hydrogens is 376 g/mol. The highest BCUT2D eigenvalue weighted by molar-refractivity contribution is 7.10. The van der Waals surface area contributed by atoms with Crippen molar-refractivity contribution in [2.24, 2.45) is 0 Å². The molecule has 0 radical (unpaired) electrons. The third-order valence-corrected chi connectivity index (χ3v) is 5.24. The number of imide groups is 1. The molecule has 1 aliphatic heterocycles. The van der Waals surface area contributed by atoms with Gasteiger partial charge in [-0.15, -0.1) is 11.3 Å². The standard InChI is InChI=1S/C21H22N2O4S/c1-21(2,3)27-20(26)23-16(9-10-19(23)25)14(18-8-6-12-28-18)13-17(24)15-7-4-5-11-22-15/h4-12,14,16H,13H2,1-3H3/t14-,16+/m1/s1. The zero-order valence-corrected chi connectivity index (χ0v) is 16.8. The van der Waals surface area contributed by atoms with Crippen LogP contribution in [0.15, 0.2) is 54.1 Å². The number of pyridine rings is 1. The number of rotatable bonds is 5. The number of amides is 2. The summed E-state index contributed by atoms with van der Waals surface area (Å²) in [4.78, 5) is 44.0. The number of hydrogen-bond donors (Lipinski definition) is 0. The maximum Gasteiger partial charge on any atom is 0.417 e. The van der Waals surface area contributed by atoms with E-state index in [0.717, 1.165) is 9.78 Å². The van der Waals surface area contributed by atoms with Crippen molar-refractivity contribution in [2.45, 2.75) is 44.8 Å². The van der Waals surface area contributed by atoms with E-state index in [-0.39, 0.29) is 18.1 Å². The van der Waals surface area contributed by atoms with E-state index in [0.29, 0.717) is 5.69 Å². The summed E-state index contributed by atoms with van der Waals surface area (Å²) in [6.07, 6.45) is 4.01. The molecule has 28 heavy (non-hydrogen) atoms. The van der Waals surface area contributed by atoms with Gasteiger partial charge in [-0.2, -0.15) is 0 Å². The fraction of sp³-hybridized carbons (Fsp3) is 0.333. The minimum absolute atomic E-state index is 0.124. The van der Waals surface area contributed by atoms with Gasteiger partial charge in [0.2, 0.25) is 0 Å². The van der Waals surface area contributed by atoms with Gasteiger partial charge in [0, 0.05) is 29.5 Å². The summed E-state index contributed by atoms with van der Waals surface area (Å²) in [5.74, 6) is -0.952. The highest BCUT2D eigenvalue weighted by Gasteiger charge is 2.40. The van der Waals surface area contributed by atoms with Gasteiger partial charge in [0.25, 0.3) is 5.91 Å². The number of aromatic nitrogens is 1. The minimum atomic E-state index is -0.729. The molecule has 0 fully saturated rings. The SMILES string of the molecule is CC(C)(C)OC(=O)N1C(=O)C=C[C@H]1[C@@H](CC(=O)c1ccccn1)c1cccs1. The monoisotopic (exact) mass is 398 g/mol. The predicted molar refractivity (Wildman–Crippen MR) is 106 cm³/mol. The zero-order valence-electron chi connectivity index (χ0n) is 16.0. The summed E-state index contributed by atoms with van der Waals surface area (Å²) in [5, 5.41) is 1.91. The molecule has 0 unspecified atom stereocenters. The largest absolute Gasteiger partial charge is 0.443 e. The third-order valence-electron chi connectivity index (χ3n) is 4.24. The van der Waals surface area contributed by atoms with Crippen molar-refractivity contribution in [3.05, 3.63) is 64.6 Å². The number of thiophene rings is 1. The maximum atomic E-state index is 12.8. The molecule has 2 aromatic rings. The molecule has 0 aromatic carbocycles.